The van der Waals surface area contributed by atoms with E-state index in [1.54, 1.807) is 0 Å². The van der Waals surface area contributed by atoms with Gasteiger partial charge in [-0.2, -0.15) is 0 Å². The maximum atomic E-state index is 6.01. The van der Waals surface area contributed by atoms with E-state index < -0.39 is 0 Å². The fourth-order valence-corrected chi connectivity index (χ4v) is 3.88. The first-order chi connectivity index (χ1) is 9.31. The lowest BCUT2D eigenvalue weighted by Crippen LogP contribution is -2.12. The van der Waals surface area contributed by atoms with Gasteiger partial charge in [-0.3, -0.25) is 0 Å². The lowest BCUT2D eigenvalue weighted by molar-refractivity contribution is 0.865. The Morgan fingerprint density at radius 2 is 2.11 bits per heavy atom. The van der Waals surface area contributed by atoms with Gasteiger partial charge in [0.1, 0.15) is 5.82 Å². The number of nitrogens with one attached hydrogen (secondary N) is 1. The van der Waals surface area contributed by atoms with Crippen LogP contribution in [0, 0.1) is 5.92 Å². The zero-order valence-electron chi connectivity index (χ0n) is 10.0. The highest BCUT2D eigenvalue weighted by atomic mass is 35.5. The number of fused-ring (bicyclic) bond motifs is 2. The highest BCUT2D eigenvalue weighted by Gasteiger charge is 2.30. The van der Waals surface area contributed by atoms with Gasteiger partial charge in [-0.25, -0.2) is 4.98 Å². The van der Waals surface area contributed by atoms with Crippen LogP contribution >= 0.6 is 23.4 Å². The van der Waals surface area contributed by atoms with Crippen molar-refractivity contribution >= 4 is 40.0 Å². The third kappa shape index (κ3) is 1.85. The van der Waals surface area contributed by atoms with E-state index in [1.807, 2.05) is 30.0 Å². The molecule has 2 heterocycles. The van der Waals surface area contributed by atoms with Gasteiger partial charge in [-0.05, 0) is 23.6 Å². The molecule has 0 fully saturated rings. The number of allylic oxidation sites excluding steroid dienone is 4. The first-order valence-corrected chi connectivity index (χ1v) is 7.49. The molecule has 0 spiro atoms. The summed E-state index contributed by atoms with van der Waals surface area (Å²) in [6.07, 6.45) is 8.72. The molecule has 4 rings (SSSR count). The Kier molecular flexibility index (Phi) is 2.57. The molecule has 2 unspecified atom stereocenters. The van der Waals surface area contributed by atoms with Crippen LogP contribution in [-0.4, -0.2) is 15.2 Å². The number of rotatable bonds is 1. The number of aromatic nitrogens is 2. The largest absolute Gasteiger partial charge is 0.338 e. The van der Waals surface area contributed by atoms with E-state index in [-0.39, 0.29) is 0 Å². The Hall–Kier alpha value is -1.45. The van der Waals surface area contributed by atoms with Crippen molar-refractivity contribution in [1.82, 2.24) is 9.97 Å². The number of nitrogens with zero attached hydrogens (tertiary/aromatic N) is 1. The van der Waals surface area contributed by atoms with Gasteiger partial charge in [0.2, 0.25) is 0 Å². The maximum absolute atomic E-state index is 6.01. The van der Waals surface area contributed by atoms with E-state index in [1.165, 1.54) is 5.57 Å². The molecule has 2 aromatic rings. The molecule has 0 amide bonds. The number of halogens is 1. The van der Waals surface area contributed by atoms with Gasteiger partial charge >= 0.3 is 0 Å². The summed E-state index contributed by atoms with van der Waals surface area (Å²) in [6, 6.07) is 5.76. The molecule has 19 heavy (non-hydrogen) atoms. The summed E-state index contributed by atoms with van der Waals surface area (Å²) in [5.41, 5.74) is 3.22. The summed E-state index contributed by atoms with van der Waals surface area (Å²) in [5.74, 6) is 1.38. The SMILES string of the molecule is Clc1ccc2[nH]c(C3=CSC4C=CC=CC34)nc2c1. The van der Waals surface area contributed by atoms with Crippen molar-refractivity contribution in [3.63, 3.8) is 0 Å². The van der Waals surface area contributed by atoms with Crippen molar-refractivity contribution in [2.24, 2.45) is 5.92 Å². The smallest absolute Gasteiger partial charge is 0.135 e. The lowest BCUT2D eigenvalue weighted by atomic mass is 9.93. The molecular formula is C15H11ClN2S. The van der Waals surface area contributed by atoms with Crippen LogP contribution in [0.1, 0.15) is 5.82 Å². The highest BCUT2D eigenvalue weighted by Crippen LogP contribution is 2.43. The van der Waals surface area contributed by atoms with Crippen molar-refractivity contribution in [3.05, 3.63) is 58.8 Å². The zero-order valence-corrected chi connectivity index (χ0v) is 11.6. The summed E-state index contributed by atoms with van der Waals surface area (Å²) >= 11 is 7.86. The Morgan fingerprint density at radius 1 is 1.21 bits per heavy atom. The van der Waals surface area contributed by atoms with E-state index in [4.69, 9.17) is 11.6 Å². The molecule has 2 atom stereocenters. The molecule has 0 saturated carbocycles. The van der Waals surface area contributed by atoms with E-state index >= 15 is 0 Å². The van der Waals surface area contributed by atoms with Gasteiger partial charge in [0, 0.05) is 21.8 Å². The third-order valence-corrected chi connectivity index (χ3v) is 4.90. The Bertz CT molecular complexity index is 742. The first-order valence-electron chi connectivity index (χ1n) is 6.17. The second-order valence-electron chi connectivity index (χ2n) is 4.72. The fourth-order valence-electron chi connectivity index (χ4n) is 2.56. The number of hydrogen-bond acceptors (Lipinski definition) is 2. The normalized spacial score (nSPS) is 24.8. The van der Waals surface area contributed by atoms with Crippen molar-refractivity contribution in [2.45, 2.75) is 5.25 Å². The van der Waals surface area contributed by atoms with Crippen LogP contribution < -0.4 is 0 Å². The van der Waals surface area contributed by atoms with Crippen molar-refractivity contribution in [3.8, 4) is 0 Å². The standard InChI is InChI=1S/C15H11ClN2S/c16-9-5-6-12-13(7-9)18-15(17-12)11-8-19-14-4-2-1-3-10(11)14/h1-8,10,14H,(H,17,18). The van der Waals surface area contributed by atoms with Gasteiger partial charge in [0.05, 0.1) is 11.0 Å². The number of benzene rings is 1. The second kappa shape index (κ2) is 4.29. The van der Waals surface area contributed by atoms with Crippen LogP contribution in [0.4, 0.5) is 0 Å². The number of thioether (sulfide) groups is 1. The molecule has 1 aromatic carbocycles. The van der Waals surface area contributed by atoms with Crippen LogP contribution in [0.2, 0.25) is 5.02 Å². The number of imidazole rings is 1. The predicted octanol–water partition coefficient (Wildman–Crippen LogP) is 4.41. The molecule has 94 valence electrons. The molecule has 4 heteroatoms. The average Bonchev–Trinajstić information content (AvgIpc) is 3.00. The van der Waals surface area contributed by atoms with E-state index in [0.29, 0.717) is 11.2 Å². The lowest BCUT2D eigenvalue weighted by Gasteiger charge is -2.16. The topological polar surface area (TPSA) is 28.7 Å². The molecule has 0 radical (unpaired) electrons. The minimum Gasteiger partial charge on any atom is -0.338 e. The molecule has 2 nitrogen and oxygen atoms in total. The molecule has 2 aliphatic rings. The number of H-pyrrole nitrogens is 1. The Labute approximate surface area is 120 Å². The summed E-state index contributed by atoms with van der Waals surface area (Å²) < 4.78 is 0. The van der Waals surface area contributed by atoms with Gasteiger partial charge < -0.3 is 4.98 Å². The van der Waals surface area contributed by atoms with E-state index in [0.717, 1.165) is 21.9 Å². The third-order valence-electron chi connectivity index (χ3n) is 3.51. The van der Waals surface area contributed by atoms with Gasteiger partial charge in [0.15, 0.2) is 0 Å². The molecule has 0 saturated heterocycles. The molecule has 1 N–H and O–H groups in total. The maximum Gasteiger partial charge on any atom is 0.135 e. The molecule has 1 aliphatic heterocycles. The van der Waals surface area contributed by atoms with Crippen molar-refractivity contribution in [2.75, 3.05) is 0 Å². The van der Waals surface area contributed by atoms with Crippen LogP contribution in [-0.2, 0) is 0 Å². The second-order valence-corrected chi connectivity index (χ2v) is 6.20. The minimum atomic E-state index is 0.422. The summed E-state index contributed by atoms with van der Waals surface area (Å²) in [4.78, 5) is 8.06. The monoisotopic (exact) mass is 286 g/mol. The van der Waals surface area contributed by atoms with E-state index in [2.05, 4.69) is 39.7 Å². The van der Waals surface area contributed by atoms with Crippen LogP contribution in [0.25, 0.3) is 16.6 Å². The van der Waals surface area contributed by atoms with Gasteiger partial charge in [-0.15, -0.1) is 11.8 Å². The van der Waals surface area contributed by atoms with Crippen LogP contribution in [0.3, 0.4) is 0 Å². The zero-order chi connectivity index (χ0) is 12.8. The van der Waals surface area contributed by atoms with Gasteiger partial charge in [0.25, 0.3) is 0 Å². The predicted molar refractivity (Wildman–Crippen MR) is 82.2 cm³/mol. The quantitative estimate of drug-likeness (QED) is 0.841. The van der Waals surface area contributed by atoms with Crippen LogP contribution in [0.5, 0.6) is 0 Å². The molecular weight excluding hydrogens is 276 g/mol. The molecule has 0 bridgehead atoms. The molecule has 1 aromatic heterocycles. The Morgan fingerprint density at radius 3 is 3.05 bits per heavy atom. The van der Waals surface area contributed by atoms with Crippen molar-refractivity contribution < 1.29 is 0 Å². The molecule has 1 aliphatic carbocycles. The number of aromatic amines is 1. The van der Waals surface area contributed by atoms with Crippen LogP contribution in [0.15, 0.2) is 47.9 Å². The minimum absolute atomic E-state index is 0.422. The summed E-state index contributed by atoms with van der Waals surface area (Å²) in [6.45, 7) is 0. The summed E-state index contributed by atoms with van der Waals surface area (Å²) in [7, 11) is 0. The summed E-state index contributed by atoms with van der Waals surface area (Å²) in [5, 5.41) is 3.45. The average molecular weight is 287 g/mol. The Balaban J connectivity index is 1.78. The van der Waals surface area contributed by atoms with Gasteiger partial charge in [-0.1, -0.05) is 35.9 Å². The van der Waals surface area contributed by atoms with E-state index in [9.17, 15) is 0 Å². The highest BCUT2D eigenvalue weighted by molar-refractivity contribution is 8.03. The van der Waals surface area contributed by atoms with Crippen molar-refractivity contribution in [1.29, 1.82) is 0 Å². The first kappa shape index (κ1) is 11.4. The fraction of sp³-hybridized carbons (Fsp3) is 0.133. The number of hydrogen-bond donors (Lipinski definition) is 1.